The lowest BCUT2D eigenvalue weighted by Crippen LogP contribution is -2.43. The van der Waals surface area contributed by atoms with Crippen LogP contribution in [0.15, 0.2) is 41.4 Å². The van der Waals surface area contributed by atoms with E-state index in [1.54, 1.807) is 18.2 Å². The average Bonchev–Trinajstić information content (AvgIpc) is 3.05. The number of nitrogens with one attached hydrogen (secondary N) is 3. The normalized spacial score (nSPS) is 12.5. The van der Waals surface area contributed by atoms with E-state index in [1.807, 2.05) is 18.3 Å². The van der Waals surface area contributed by atoms with Crippen molar-refractivity contribution in [2.24, 2.45) is 4.99 Å². The summed E-state index contributed by atoms with van der Waals surface area (Å²) in [5.41, 5.74) is 0.455. The first-order valence-electron chi connectivity index (χ1n) is 9.65. The monoisotopic (exact) mass is 402 g/mol. The lowest BCUT2D eigenvalue weighted by molar-refractivity contribution is 0.0953. The molecule has 0 aliphatic rings. The Morgan fingerprint density at radius 1 is 1.25 bits per heavy atom. The predicted molar refractivity (Wildman–Crippen MR) is 116 cm³/mol. The number of aliphatic imine (C=N–C) groups is 1. The highest BCUT2D eigenvalue weighted by molar-refractivity contribution is 7.11. The van der Waals surface area contributed by atoms with E-state index in [4.69, 9.17) is 0 Å². The summed E-state index contributed by atoms with van der Waals surface area (Å²) in [6.45, 7) is 8.25. The number of phenols is 1. The largest absolute Gasteiger partial charge is 0.508 e. The zero-order valence-electron chi connectivity index (χ0n) is 16.8. The molecule has 1 heterocycles. The summed E-state index contributed by atoms with van der Waals surface area (Å²) >= 11 is 1.83. The molecule has 0 saturated carbocycles. The van der Waals surface area contributed by atoms with E-state index in [-0.39, 0.29) is 17.7 Å². The zero-order valence-corrected chi connectivity index (χ0v) is 17.6. The lowest BCUT2D eigenvalue weighted by Gasteiger charge is -2.17. The second-order valence-electron chi connectivity index (χ2n) is 6.68. The van der Waals surface area contributed by atoms with Crippen LogP contribution < -0.4 is 16.0 Å². The van der Waals surface area contributed by atoms with Crippen LogP contribution in [-0.4, -0.2) is 42.6 Å². The van der Waals surface area contributed by atoms with Crippen LogP contribution in [0, 0.1) is 6.92 Å². The molecule has 0 radical (unpaired) electrons. The number of aryl methyl sites for hydroxylation is 1. The molecule has 2 aromatic rings. The third kappa shape index (κ3) is 7.60. The Hall–Kier alpha value is -2.54. The number of aromatic hydroxyl groups is 1. The van der Waals surface area contributed by atoms with E-state index in [0.717, 1.165) is 25.3 Å². The van der Waals surface area contributed by atoms with Crippen molar-refractivity contribution in [3.8, 4) is 5.75 Å². The highest BCUT2D eigenvalue weighted by Crippen LogP contribution is 2.16. The maximum absolute atomic E-state index is 12.0. The molecule has 0 spiro atoms. The molecule has 0 saturated heterocycles. The van der Waals surface area contributed by atoms with E-state index < -0.39 is 0 Å². The van der Waals surface area contributed by atoms with Crippen LogP contribution in [0.2, 0.25) is 0 Å². The third-order valence-electron chi connectivity index (χ3n) is 4.03. The van der Waals surface area contributed by atoms with Crippen LogP contribution in [-0.2, 0) is 6.42 Å². The molecular formula is C21H30N4O2S. The molecule has 1 unspecified atom stereocenters. The van der Waals surface area contributed by atoms with Crippen molar-refractivity contribution in [1.29, 1.82) is 0 Å². The number of hydrogen-bond acceptors (Lipinski definition) is 4. The highest BCUT2D eigenvalue weighted by atomic mass is 32.1. The van der Waals surface area contributed by atoms with Gasteiger partial charge in [0.25, 0.3) is 5.91 Å². The first-order valence-corrected chi connectivity index (χ1v) is 10.5. The number of phenolic OH excluding ortho intramolecular Hbond substituents is 1. The zero-order chi connectivity index (χ0) is 20.4. The number of benzene rings is 1. The molecule has 152 valence electrons. The SMILES string of the molecule is CCNC(=NCCCNC(=O)c1cccc(O)c1)NC(C)Cc1ccc(C)s1. The van der Waals surface area contributed by atoms with Gasteiger partial charge in [0.1, 0.15) is 5.75 Å². The quantitative estimate of drug-likeness (QED) is 0.295. The average molecular weight is 403 g/mol. The second-order valence-corrected chi connectivity index (χ2v) is 8.05. The van der Waals surface area contributed by atoms with Crippen LogP contribution in [0.25, 0.3) is 0 Å². The van der Waals surface area contributed by atoms with Crippen LogP contribution in [0.1, 0.15) is 40.4 Å². The summed E-state index contributed by atoms with van der Waals surface area (Å²) in [4.78, 5) is 19.3. The maximum atomic E-state index is 12.0. The van der Waals surface area contributed by atoms with Crippen LogP contribution in [0.3, 0.4) is 0 Å². The van der Waals surface area contributed by atoms with E-state index in [0.29, 0.717) is 18.7 Å². The molecule has 2 rings (SSSR count). The van der Waals surface area contributed by atoms with Crippen molar-refractivity contribution in [1.82, 2.24) is 16.0 Å². The minimum Gasteiger partial charge on any atom is -0.508 e. The molecule has 1 aromatic carbocycles. The molecule has 7 heteroatoms. The van der Waals surface area contributed by atoms with Gasteiger partial charge in [-0.25, -0.2) is 0 Å². The number of carbonyl (C=O) groups excluding carboxylic acids is 1. The Kier molecular flexibility index (Phi) is 8.81. The van der Waals surface area contributed by atoms with E-state index in [2.05, 4.69) is 46.9 Å². The van der Waals surface area contributed by atoms with Crippen molar-refractivity contribution in [2.45, 2.75) is 39.7 Å². The van der Waals surface area contributed by atoms with Gasteiger partial charge in [0.05, 0.1) is 0 Å². The fraction of sp³-hybridized carbons (Fsp3) is 0.429. The van der Waals surface area contributed by atoms with Gasteiger partial charge in [0, 0.05) is 47.4 Å². The summed E-state index contributed by atoms with van der Waals surface area (Å²) in [6, 6.07) is 10.9. The molecule has 0 bridgehead atoms. The van der Waals surface area contributed by atoms with Crippen molar-refractivity contribution in [2.75, 3.05) is 19.6 Å². The molecule has 6 nitrogen and oxygen atoms in total. The van der Waals surface area contributed by atoms with Crippen molar-refractivity contribution in [3.05, 3.63) is 51.7 Å². The topological polar surface area (TPSA) is 85.8 Å². The minimum absolute atomic E-state index is 0.0884. The first kappa shape index (κ1) is 21.8. The fourth-order valence-corrected chi connectivity index (χ4v) is 3.74. The molecule has 1 amide bonds. The van der Waals surface area contributed by atoms with Crippen molar-refractivity contribution >= 4 is 23.2 Å². The number of nitrogens with zero attached hydrogens (tertiary/aromatic N) is 1. The number of hydrogen-bond donors (Lipinski definition) is 4. The number of rotatable bonds is 9. The van der Waals surface area contributed by atoms with Gasteiger partial charge >= 0.3 is 0 Å². The molecule has 28 heavy (non-hydrogen) atoms. The molecule has 4 N–H and O–H groups in total. The Bertz CT molecular complexity index is 788. The van der Waals surface area contributed by atoms with Crippen molar-refractivity contribution < 1.29 is 9.90 Å². The standard InChI is InChI=1S/C21H30N4O2S/c1-4-22-21(25-15(2)13-19-10-9-16(3)28-19)24-12-6-11-23-20(27)17-7-5-8-18(26)14-17/h5,7-10,14-15,26H,4,6,11-13H2,1-3H3,(H,23,27)(H2,22,24,25). The Morgan fingerprint density at radius 3 is 2.75 bits per heavy atom. The third-order valence-corrected chi connectivity index (χ3v) is 5.05. The van der Waals surface area contributed by atoms with Gasteiger partial charge in [-0.3, -0.25) is 9.79 Å². The van der Waals surface area contributed by atoms with Gasteiger partial charge in [-0.15, -0.1) is 11.3 Å². The highest BCUT2D eigenvalue weighted by Gasteiger charge is 2.08. The van der Waals surface area contributed by atoms with E-state index >= 15 is 0 Å². The summed E-state index contributed by atoms with van der Waals surface area (Å²) < 4.78 is 0. The molecule has 1 atom stereocenters. The van der Waals surface area contributed by atoms with Gasteiger partial charge < -0.3 is 21.1 Å². The van der Waals surface area contributed by atoms with Crippen LogP contribution in [0.5, 0.6) is 5.75 Å². The van der Waals surface area contributed by atoms with E-state index in [1.165, 1.54) is 15.8 Å². The Balaban J connectivity index is 1.74. The number of amides is 1. The van der Waals surface area contributed by atoms with Gasteiger partial charge in [-0.2, -0.15) is 0 Å². The Morgan fingerprint density at radius 2 is 2.07 bits per heavy atom. The van der Waals surface area contributed by atoms with Crippen molar-refractivity contribution in [3.63, 3.8) is 0 Å². The number of carbonyl (C=O) groups is 1. The molecule has 0 aliphatic carbocycles. The maximum Gasteiger partial charge on any atom is 0.251 e. The van der Waals surface area contributed by atoms with E-state index in [9.17, 15) is 9.90 Å². The predicted octanol–water partition coefficient (Wildman–Crippen LogP) is 3.07. The summed E-state index contributed by atoms with van der Waals surface area (Å²) in [5.74, 6) is 0.692. The lowest BCUT2D eigenvalue weighted by atomic mass is 10.2. The van der Waals surface area contributed by atoms with Crippen LogP contribution in [0.4, 0.5) is 0 Å². The summed E-state index contributed by atoms with van der Waals surface area (Å²) in [6.07, 6.45) is 1.70. The van der Waals surface area contributed by atoms with Gasteiger partial charge in [0.2, 0.25) is 0 Å². The van der Waals surface area contributed by atoms with Gasteiger partial charge in [-0.1, -0.05) is 6.07 Å². The first-order chi connectivity index (χ1) is 13.5. The second kappa shape index (κ2) is 11.3. The molecular weight excluding hydrogens is 372 g/mol. The fourth-order valence-electron chi connectivity index (χ4n) is 2.72. The van der Waals surface area contributed by atoms with Crippen LogP contribution >= 0.6 is 11.3 Å². The Labute approximate surface area is 171 Å². The minimum atomic E-state index is -0.190. The summed E-state index contributed by atoms with van der Waals surface area (Å²) in [7, 11) is 0. The molecule has 0 aliphatic heterocycles. The smallest absolute Gasteiger partial charge is 0.251 e. The van der Waals surface area contributed by atoms with Gasteiger partial charge in [-0.05, 0) is 57.5 Å². The molecule has 0 fully saturated rings. The number of thiophene rings is 1. The van der Waals surface area contributed by atoms with Gasteiger partial charge in [0.15, 0.2) is 5.96 Å². The molecule has 1 aromatic heterocycles. The number of guanidine groups is 1. The summed E-state index contributed by atoms with van der Waals surface area (Å²) in [5, 5.41) is 19.0.